The van der Waals surface area contributed by atoms with Gasteiger partial charge in [-0.2, -0.15) is 51.5 Å². The lowest BCUT2D eigenvalue weighted by atomic mass is 9.95. The molecular weight excluding hydrogens is 1050 g/mol. The van der Waals surface area contributed by atoms with Crippen LogP contribution in [0.4, 0.5) is 0 Å². The van der Waals surface area contributed by atoms with Crippen LogP contribution >= 0.6 is 0 Å². The van der Waals surface area contributed by atoms with E-state index < -0.39 is 199 Å². The van der Waals surface area contributed by atoms with Crippen molar-refractivity contribution in [1.29, 1.82) is 0 Å². The van der Waals surface area contributed by atoms with Crippen molar-refractivity contribution in [2.45, 2.75) is 110 Å². The zero-order valence-electron chi connectivity index (χ0n) is 32.1. The minimum Gasteiger partial charge on any atom is -0.506 e. The van der Waals surface area contributed by atoms with Gasteiger partial charge < -0.3 is 79.1 Å². The van der Waals surface area contributed by atoms with E-state index in [9.17, 15) is 116 Å². The lowest BCUT2D eigenvalue weighted by molar-refractivity contribution is -0.365. The first kappa shape index (κ1) is 56.7. The third kappa shape index (κ3) is 15.3. The molecule has 4 rings (SSSR count). The SMILES string of the molecule is O=C(O)C1=C(O)[C@H](O)[C@@H](OS(=O)(=O)O)[C@H](O[C@H]2[C@H](O)[C@@H](NS(=O)(=O)O)[C@@H](O[C@H]3[C@H](O)[C@@H](O)[C@H](O[C@H]4[C@H](O)[C@@H](NS(=O)(=O)O)[C@@H](O)O[C@@H]4COS(=O)(=O)O)O[C@@H]3C(=O)O)O[C@@H]2COS(=O)(=O)O)O1. The monoisotopic (exact) mass is 1090 g/mol. The van der Waals surface area contributed by atoms with E-state index in [1.165, 1.54) is 9.44 Å². The van der Waals surface area contributed by atoms with Gasteiger partial charge in [-0.3, -0.25) is 22.8 Å². The average Bonchev–Trinajstić information content (AvgIpc) is 3.15. The molecule has 390 valence electrons. The highest BCUT2D eigenvalue weighted by molar-refractivity contribution is 7.84. The second-order valence-corrected chi connectivity index (χ2v) is 19.3. The van der Waals surface area contributed by atoms with Gasteiger partial charge in [0.15, 0.2) is 36.8 Å². The van der Waals surface area contributed by atoms with Crippen LogP contribution in [0.25, 0.3) is 0 Å². The van der Waals surface area contributed by atoms with E-state index in [2.05, 4.69) is 12.5 Å². The average molecular weight is 1090 g/mol. The Morgan fingerprint density at radius 1 is 0.552 bits per heavy atom. The summed E-state index contributed by atoms with van der Waals surface area (Å²) >= 11 is 0. The highest BCUT2D eigenvalue weighted by Gasteiger charge is 2.58. The summed E-state index contributed by atoms with van der Waals surface area (Å²) in [5, 5.41) is 94.9. The van der Waals surface area contributed by atoms with Crippen LogP contribution < -0.4 is 9.44 Å². The Balaban J connectivity index is 1.72. The smallest absolute Gasteiger partial charge is 0.397 e. The lowest BCUT2D eigenvalue weighted by Gasteiger charge is -2.49. The Morgan fingerprint density at radius 2 is 1.01 bits per heavy atom. The van der Waals surface area contributed by atoms with Crippen LogP contribution in [0.5, 0.6) is 0 Å². The van der Waals surface area contributed by atoms with Gasteiger partial charge in [0, 0.05) is 0 Å². The Hall–Kier alpha value is -2.85. The number of aliphatic hydroxyl groups is 7. The zero-order valence-corrected chi connectivity index (χ0v) is 36.2. The summed E-state index contributed by atoms with van der Waals surface area (Å²) < 4.78 is 214. The molecule has 0 aliphatic carbocycles. The van der Waals surface area contributed by atoms with E-state index in [1.54, 1.807) is 0 Å². The molecule has 0 radical (unpaired) electrons. The summed E-state index contributed by atoms with van der Waals surface area (Å²) in [4.78, 5) is 24.3. The number of aliphatic hydroxyl groups excluding tert-OH is 7. The molecule has 0 aromatic carbocycles. The van der Waals surface area contributed by atoms with Gasteiger partial charge in [-0.05, 0) is 0 Å². The summed E-state index contributed by atoms with van der Waals surface area (Å²) in [6.45, 7) is -3.11. The van der Waals surface area contributed by atoms with E-state index in [0.29, 0.717) is 0 Å². The highest BCUT2D eigenvalue weighted by Crippen LogP contribution is 2.36. The van der Waals surface area contributed by atoms with Crippen molar-refractivity contribution in [1.82, 2.24) is 9.44 Å². The molecular formula is C24H38N2O36S5. The number of hydrogen-bond acceptors (Lipinski definition) is 29. The molecule has 0 bridgehead atoms. The fourth-order valence-corrected chi connectivity index (χ4v) is 8.71. The molecule has 16 N–H and O–H groups in total. The number of carbonyl (C=O) groups is 2. The number of carboxylic acid groups (broad SMARTS) is 2. The third-order valence-corrected chi connectivity index (χ3v) is 11.6. The molecule has 67 heavy (non-hydrogen) atoms. The summed E-state index contributed by atoms with van der Waals surface area (Å²) in [6.07, 6.45) is -42.7. The molecule has 0 amide bonds. The molecule has 3 fully saturated rings. The van der Waals surface area contributed by atoms with E-state index in [1.807, 2.05) is 0 Å². The van der Waals surface area contributed by atoms with Gasteiger partial charge in [0.2, 0.25) is 12.0 Å². The van der Waals surface area contributed by atoms with Crippen molar-refractivity contribution in [3.05, 3.63) is 11.5 Å². The van der Waals surface area contributed by atoms with Crippen molar-refractivity contribution < 1.29 is 166 Å². The first-order chi connectivity index (χ1) is 30.4. The van der Waals surface area contributed by atoms with Crippen LogP contribution in [0.1, 0.15) is 0 Å². The fraction of sp³-hybridized carbons (Fsp3) is 0.833. The van der Waals surface area contributed by atoms with Gasteiger partial charge in [0.05, 0.1) is 13.2 Å². The van der Waals surface area contributed by atoms with E-state index in [0.717, 1.165) is 0 Å². The maximum absolute atomic E-state index is 12.5. The largest absolute Gasteiger partial charge is 0.506 e. The van der Waals surface area contributed by atoms with Gasteiger partial charge in [-0.25, -0.2) is 22.1 Å². The summed E-state index contributed by atoms with van der Waals surface area (Å²) in [7, 11) is -27.8. The molecule has 18 atom stereocenters. The molecule has 4 aliphatic heterocycles. The van der Waals surface area contributed by atoms with Crippen molar-refractivity contribution in [3.8, 4) is 0 Å². The predicted molar refractivity (Wildman–Crippen MR) is 191 cm³/mol. The summed E-state index contributed by atoms with van der Waals surface area (Å²) in [6, 6.07) is -5.09. The second-order valence-electron chi connectivity index (χ2n) is 13.7. The zero-order chi connectivity index (χ0) is 51.1. The number of hydrogen-bond donors (Lipinski definition) is 16. The molecule has 43 heteroatoms. The normalized spacial score (nSPS) is 38.3. The molecule has 3 saturated heterocycles. The van der Waals surface area contributed by atoms with Gasteiger partial charge in [0.1, 0.15) is 73.1 Å². The Kier molecular flexibility index (Phi) is 18.0. The Labute approximate surface area is 373 Å². The minimum atomic E-state index is -5.76. The number of ether oxygens (including phenoxy) is 7. The Morgan fingerprint density at radius 3 is 1.48 bits per heavy atom. The molecule has 0 saturated carbocycles. The fourth-order valence-electron chi connectivity index (χ4n) is 6.43. The molecule has 0 aromatic rings. The van der Waals surface area contributed by atoms with E-state index >= 15 is 0 Å². The molecule has 0 unspecified atom stereocenters. The van der Waals surface area contributed by atoms with Crippen LogP contribution in [0, 0.1) is 0 Å². The molecule has 0 aromatic heterocycles. The molecule has 4 aliphatic rings. The van der Waals surface area contributed by atoms with E-state index in [-0.39, 0.29) is 0 Å². The van der Waals surface area contributed by atoms with Gasteiger partial charge >= 0.3 is 63.7 Å². The first-order valence-corrected chi connectivity index (χ1v) is 24.3. The number of aliphatic carboxylic acids is 2. The number of nitrogens with one attached hydrogen (secondary N) is 2. The van der Waals surface area contributed by atoms with Crippen molar-refractivity contribution in [3.63, 3.8) is 0 Å². The molecule has 4 heterocycles. The standard InChI is InChI=1S/C24H38N2O36S5/c27-7-5(25-63(38,39)40)21(37)55-3(1-53-65(44,45)46)13(7)57-23-12(32)11(31)15(18(61-23)20(35)36)59-22-6(26-64(41,42)43)8(28)14(4(56-22)2-54-66(47,48)49)58-24-17(62-67(50,51)52)10(30)9(29)16(60-24)19(33)34/h3-8,10-15,17-18,21-32,37H,1-2H2,(H,33,34)(H,35,36)(H,38,39,40)(H,41,42,43)(H,44,45,46)(H,47,48,49)(H,50,51,52)/t3-,4-,5-,6-,7-,8-,10+,11-,12-,13-,14-,15+,17-,18+,21+,22-,23-,24-/m1/s1. The lowest BCUT2D eigenvalue weighted by Crippen LogP contribution is -2.70. The quantitative estimate of drug-likeness (QED) is 0.0503. The number of rotatable bonds is 20. The van der Waals surface area contributed by atoms with Crippen LogP contribution in [0.3, 0.4) is 0 Å². The first-order valence-electron chi connectivity index (χ1n) is 17.3. The third-order valence-electron chi connectivity index (χ3n) is 9.11. The molecule has 0 spiro atoms. The molecule has 38 nitrogen and oxygen atoms in total. The maximum Gasteiger partial charge on any atom is 0.397 e. The topological polar surface area (TPSA) is 604 Å². The van der Waals surface area contributed by atoms with Crippen LogP contribution in [-0.2, 0) is 107 Å². The highest BCUT2D eigenvalue weighted by atomic mass is 32.3. The summed E-state index contributed by atoms with van der Waals surface area (Å²) in [5.74, 6) is -7.81. The predicted octanol–water partition coefficient (Wildman–Crippen LogP) is -10.2. The van der Waals surface area contributed by atoms with Gasteiger partial charge in [-0.1, -0.05) is 0 Å². The summed E-state index contributed by atoms with van der Waals surface area (Å²) in [5.41, 5.74) is 0. The van der Waals surface area contributed by atoms with Gasteiger partial charge in [0.25, 0.3) is 0 Å². The maximum atomic E-state index is 12.5. The van der Waals surface area contributed by atoms with Crippen molar-refractivity contribution >= 4 is 63.7 Å². The minimum absolute atomic E-state index is 1.27. The van der Waals surface area contributed by atoms with Crippen LogP contribution in [0.15, 0.2) is 11.5 Å². The number of carboxylic acids is 2. The van der Waals surface area contributed by atoms with Crippen molar-refractivity contribution in [2.75, 3.05) is 13.2 Å². The Bertz CT molecular complexity index is 2400. The second kappa shape index (κ2) is 21.2. The van der Waals surface area contributed by atoms with Crippen molar-refractivity contribution in [2.24, 2.45) is 0 Å². The van der Waals surface area contributed by atoms with Crippen LogP contribution in [-0.4, -0.2) is 246 Å². The van der Waals surface area contributed by atoms with Crippen LogP contribution in [0.2, 0.25) is 0 Å². The van der Waals surface area contributed by atoms with Gasteiger partial charge in [-0.15, -0.1) is 0 Å². The van der Waals surface area contributed by atoms with E-state index in [4.69, 9.17) is 37.7 Å².